The number of rotatable bonds is 3. The van der Waals surface area contributed by atoms with Crippen molar-refractivity contribution in [3.05, 3.63) is 66.6 Å². The molecule has 3 N–H and O–H groups in total. The van der Waals surface area contributed by atoms with E-state index in [9.17, 15) is 4.79 Å². The summed E-state index contributed by atoms with van der Waals surface area (Å²) in [7, 11) is 0. The molecule has 2 aromatic carbocycles. The summed E-state index contributed by atoms with van der Waals surface area (Å²) in [6, 6.07) is 18.7. The van der Waals surface area contributed by atoms with Crippen molar-refractivity contribution in [1.82, 2.24) is 4.98 Å². The lowest BCUT2D eigenvalue weighted by molar-refractivity contribution is 0.0654. The number of hydrogen-bond acceptors (Lipinski definition) is 3. The number of hydrogen-bond donors (Lipinski definition) is 1. The zero-order valence-electron chi connectivity index (χ0n) is 11.0. The van der Waals surface area contributed by atoms with Crippen molar-refractivity contribution in [2.45, 2.75) is 0 Å². The summed E-state index contributed by atoms with van der Waals surface area (Å²) >= 11 is 0. The molecule has 0 aliphatic rings. The molecule has 1 aromatic heterocycles. The Kier molecular flexibility index (Phi) is 4.15. The molecule has 0 spiro atoms. The second-order valence-corrected chi connectivity index (χ2v) is 4.23. The fraction of sp³-hybridized carbons (Fsp3) is 0. The molecule has 0 bridgehead atoms. The van der Waals surface area contributed by atoms with Gasteiger partial charge in [-0.1, -0.05) is 60.7 Å². The number of oxazole rings is 1. The van der Waals surface area contributed by atoms with Gasteiger partial charge in [0.25, 0.3) is 0 Å². The highest BCUT2D eigenvalue weighted by atomic mass is 16.4. The Morgan fingerprint density at radius 3 is 1.95 bits per heavy atom. The van der Waals surface area contributed by atoms with E-state index in [4.69, 9.17) is 9.52 Å². The summed E-state index contributed by atoms with van der Waals surface area (Å²) in [4.78, 5) is 15.2. The van der Waals surface area contributed by atoms with Crippen molar-refractivity contribution >= 4 is 5.97 Å². The fourth-order valence-electron chi connectivity index (χ4n) is 1.99. The van der Waals surface area contributed by atoms with Crippen molar-refractivity contribution in [1.29, 1.82) is 0 Å². The van der Waals surface area contributed by atoms with Crippen LogP contribution in [0.4, 0.5) is 0 Å². The number of carboxylic acids is 1. The number of benzene rings is 2. The topological polar surface area (TPSA) is 94.8 Å². The predicted molar refractivity (Wildman–Crippen MR) is 77.9 cm³/mol. The van der Waals surface area contributed by atoms with Gasteiger partial charge >= 0.3 is 11.9 Å². The summed E-state index contributed by atoms with van der Waals surface area (Å²) < 4.78 is 5.41. The Bertz CT molecular complexity index is 678. The van der Waals surface area contributed by atoms with E-state index in [1.54, 1.807) is 0 Å². The highest BCUT2D eigenvalue weighted by Gasteiger charge is 2.20. The first-order valence-corrected chi connectivity index (χ1v) is 6.10. The Hall–Kier alpha value is -2.92. The molecule has 0 amide bonds. The minimum Gasteiger partial charge on any atom is -0.474 e. The smallest absolute Gasteiger partial charge is 0.392 e. The lowest BCUT2D eigenvalue weighted by Crippen LogP contribution is -1.95. The SMILES string of the molecule is O.O=C(O)c1nc(-c2ccccc2)c(-c2ccccc2)o1. The van der Waals surface area contributed by atoms with Crippen molar-refractivity contribution in [3.63, 3.8) is 0 Å². The summed E-state index contributed by atoms with van der Waals surface area (Å²) in [6.07, 6.45) is 0. The van der Waals surface area contributed by atoms with Gasteiger partial charge in [-0.25, -0.2) is 9.78 Å². The van der Waals surface area contributed by atoms with E-state index in [0.717, 1.165) is 11.1 Å². The monoisotopic (exact) mass is 283 g/mol. The van der Waals surface area contributed by atoms with Crippen LogP contribution in [0.5, 0.6) is 0 Å². The van der Waals surface area contributed by atoms with E-state index < -0.39 is 5.97 Å². The number of aromatic nitrogens is 1. The molecule has 5 heteroatoms. The van der Waals surface area contributed by atoms with Crippen molar-refractivity contribution in [2.24, 2.45) is 0 Å². The molecule has 0 fully saturated rings. The standard InChI is InChI=1S/C16H11NO3.H2O/c18-16(19)15-17-13(11-7-3-1-4-8-11)14(20-15)12-9-5-2-6-10-12;/h1-10H,(H,18,19);1H2. The van der Waals surface area contributed by atoms with Crippen LogP contribution in [-0.4, -0.2) is 21.5 Å². The molecule has 1 heterocycles. The molecule has 0 unspecified atom stereocenters. The van der Waals surface area contributed by atoms with E-state index in [-0.39, 0.29) is 11.4 Å². The van der Waals surface area contributed by atoms with Gasteiger partial charge in [-0.2, -0.15) is 0 Å². The third-order valence-electron chi connectivity index (χ3n) is 2.89. The van der Waals surface area contributed by atoms with Gasteiger partial charge in [0.05, 0.1) is 0 Å². The zero-order chi connectivity index (χ0) is 13.9. The average Bonchev–Trinajstić information content (AvgIpc) is 2.94. The highest BCUT2D eigenvalue weighted by Crippen LogP contribution is 2.32. The third kappa shape index (κ3) is 2.82. The van der Waals surface area contributed by atoms with E-state index in [1.165, 1.54) is 0 Å². The Balaban J connectivity index is 0.00000161. The summed E-state index contributed by atoms with van der Waals surface area (Å²) in [5, 5.41) is 9.06. The van der Waals surface area contributed by atoms with Gasteiger partial charge in [-0.3, -0.25) is 0 Å². The average molecular weight is 283 g/mol. The summed E-state index contributed by atoms with van der Waals surface area (Å²) in [5.41, 5.74) is 2.16. The molecular weight excluding hydrogens is 270 g/mol. The second-order valence-electron chi connectivity index (χ2n) is 4.23. The van der Waals surface area contributed by atoms with Gasteiger partial charge in [0.2, 0.25) is 0 Å². The predicted octanol–water partition coefficient (Wildman–Crippen LogP) is 2.88. The van der Waals surface area contributed by atoms with Crippen LogP contribution < -0.4 is 0 Å². The Morgan fingerprint density at radius 1 is 0.905 bits per heavy atom. The first-order chi connectivity index (χ1) is 9.75. The van der Waals surface area contributed by atoms with Crippen LogP contribution in [0.1, 0.15) is 10.7 Å². The maximum absolute atomic E-state index is 11.1. The molecule has 0 aliphatic carbocycles. The molecule has 0 saturated carbocycles. The molecule has 0 radical (unpaired) electrons. The molecule has 106 valence electrons. The van der Waals surface area contributed by atoms with E-state index in [1.807, 2.05) is 60.7 Å². The van der Waals surface area contributed by atoms with Crippen molar-refractivity contribution < 1.29 is 19.8 Å². The van der Waals surface area contributed by atoms with E-state index >= 15 is 0 Å². The minimum atomic E-state index is -1.18. The van der Waals surface area contributed by atoms with E-state index in [0.29, 0.717) is 11.5 Å². The molecule has 5 nitrogen and oxygen atoms in total. The maximum atomic E-state index is 11.1. The van der Waals surface area contributed by atoms with Crippen LogP contribution in [0.15, 0.2) is 65.1 Å². The highest BCUT2D eigenvalue weighted by molar-refractivity contribution is 5.86. The van der Waals surface area contributed by atoms with Crippen LogP contribution in [0.3, 0.4) is 0 Å². The molecule has 21 heavy (non-hydrogen) atoms. The van der Waals surface area contributed by atoms with Crippen LogP contribution >= 0.6 is 0 Å². The van der Waals surface area contributed by atoms with Crippen LogP contribution in [-0.2, 0) is 0 Å². The van der Waals surface area contributed by atoms with Gasteiger partial charge in [-0.05, 0) is 0 Å². The quantitative estimate of drug-likeness (QED) is 0.799. The Labute approximate surface area is 120 Å². The first kappa shape index (κ1) is 14.5. The molecule has 3 aromatic rings. The largest absolute Gasteiger partial charge is 0.474 e. The minimum absolute atomic E-state index is 0. The third-order valence-corrected chi connectivity index (χ3v) is 2.89. The molecule has 0 aliphatic heterocycles. The number of aromatic carboxylic acids is 1. The van der Waals surface area contributed by atoms with Crippen molar-refractivity contribution in [2.75, 3.05) is 0 Å². The van der Waals surface area contributed by atoms with Crippen molar-refractivity contribution in [3.8, 4) is 22.6 Å². The Morgan fingerprint density at radius 2 is 1.43 bits per heavy atom. The number of carboxylic acid groups (broad SMARTS) is 1. The van der Waals surface area contributed by atoms with Crippen LogP contribution in [0.2, 0.25) is 0 Å². The van der Waals surface area contributed by atoms with Crippen LogP contribution in [0, 0.1) is 0 Å². The molecular formula is C16H13NO4. The fourth-order valence-corrected chi connectivity index (χ4v) is 1.99. The lowest BCUT2D eigenvalue weighted by Gasteiger charge is -2.00. The zero-order valence-corrected chi connectivity index (χ0v) is 11.0. The van der Waals surface area contributed by atoms with E-state index in [2.05, 4.69) is 4.98 Å². The maximum Gasteiger partial charge on any atom is 0.392 e. The first-order valence-electron chi connectivity index (χ1n) is 6.10. The molecule has 0 saturated heterocycles. The molecule has 3 rings (SSSR count). The second kappa shape index (κ2) is 6.02. The lowest BCUT2D eigenvalue weighted by atomic mass is 10.1. The number of nitrogens with zero attached hydrogens (tertiary/aromatic N) is 1. The van der Waals surface area contributed by atoms with Gasteiger partial charge in [0.1, 0.15) is 5.69 Å². The number of carbonyl (C=O) groups is 1. The van der Waals surface area contributed by atoms with Gasteiger partial charge in [0, 0.05) is 11.1 Å². The van der Waals surface area contributed by atoms with Crippen LogP contribution in [0.25, 0.3) is 22.6 Å². The summed E-state index contributed by atoms with van der Waals surface area (Å²) in [5.74, 6) is -1.01. The van der Waals surface area contributed by atoms with Gasteiger partial charge in [-0.15, -0.1) is 0 Å². The van der Waals surface area contributed by atoms with Gasteiger partial charge in [0.15, 0.2) is 5.76 Å². The molecule has 0 atom stereocenters. The van der Waals surface area contributed by atoms with Gasteiger partial charge < -0.3 is 15.0 Å². The summed E-state index contributed by atoms with van der Waals surface area (Å²) in [6.45, 7) is 0. The normalized spacial score (nSPS) is 9.90.